The SMILES string of the molecule is Cc1ccccc1C1CC(NOC(C)(C)C)C1. The Morgan fingerprint density at radius 2 is 1.82 bits per heavy atom. The van der Waals surface area contributed by atoms with Crippen molar-refractivity contribution in [3.8, 4) is 0 Å². The van der Waals surface area contributed by atoms with E-state index in [9.17, 15) is 0 Å². The summed E-state index contributed by atoms with van der Waals surface area (Å²) in [6, 6.07) is 9.20. The second kappa shape index (κ2) is 4.79. The van der Waals surface area contributed by atoms with Crippen LogP contribution in [0.1, 0.15) is 50.7 Å². The molecule has 1 aromatic rings. The molecule has 0 bridgehead atoms. The lowest BCUT2D eigenvalue weighted by atomic mass is 9.75. The van der Waals surface area contributed by atoms with Crippen molar-refractivity contribution in [2.75, 3.05) is 0 Å². The molecule has 1 saturated carbocycles. The number of nitrogens with one attached hydrogen (secondary N) is 1. The Morgan fingerprint density at radius 3 is 2.41 bits per heavy atom. The van der Waals surface area contributed by atoms with Gasteiger partial charge < -0.3 is 0 Å². The number of benzene rings is 1. The molecule has 0 aliphatic heterocycles. The molecule has 17 heavy (non-hydrogen) atoms. The highest BCUT2D eigenvalue weighted by Crippen LogP contribution is 2.38. The molecule has 0 spiro atoms. The fraction of sp³-hybridized carbons (Fsp3) is 0.600. The van der Waals surface area contributed by atoms with Gasteiger partial charge in [-0.05, 0) is 57.6 Å². The van der Waals surface area contributed by atoms with Crippen molar-refractivity contribution >= 4 is 0 Å². The van der Waals surface area contributed by atoms with Gasteiger partial charge in [-0.2, -0.15) is 5.48 Å². The molecule has 0 amide bonds. The van der Waals surface area contributed by atoms with Gasteiger partial charge in [0.1, 0.15) is 0 Å². The van der Waals surface area contributed by atoms with E-state index in [2.05, 4.69) is 57.4 Å². The van der Waals surface area contributed by atoms with Crippen LogP contribution < -0.4 is 5.48 Å². The summed E-state index contributed by atoms with van der Waals surface area (Å²) < 4.78 is 0. The maximum absolute atomic E-state index is 5.60. The Kier molecular flexibility index (Phi) is 3.55. The van der Waals surface area contributed by atoms with E-state index in [0.29, 0.717) is 12.0 Å². The van der Waals surface area contributed by atoms with E-state index in [1.165, 1.54) is 24.0 Å². The van der Waals surface area contributed by atoms with E-state index in [-0.39, 0.29) is 5.60 Å². The van der Waals surface area contributed by atoms with E-state index in [1.807, 2.05) is 0 Å². The predicted molar refractivity (Wildman–Crippen MR) is 70.9 cm³/mol. The van der Waals surface area contributed by atoms with Crippen LogP contribution in [-0.2, 0) is 4.84 Å². The first-order valence-corrected chi connectivity index (χ1v) is 6.45. The van der Waals surface area contributed by atoms with Crippen LogP contribution >= 0.6 is 0 Å². The van der Waals surface area contributed by atoms with Crippen molar-refractivity contribution in [1.29, 1.82) is 0 Å². The van der Waals surface area contributed by atoms with Crippen LogP contribution in [0.5, 0.6) is 0 Å². The zero-order valence-corrected chi connectivity index (χ0v) is 11.3. The molecule has 1 fully saturated rings. The van der Waals surface area contributed by atoms with Gasteiger partial charge in [-0.1, -0.05) is 24.3 Å². The summed E-state index contributed by atoms with van der Waals surface area (Å²) in [4.78, 5) is 5.60. The molecular formula is C15H23NO. The van der Waals surface area contributed by atoms with E-state index in [1.54, 1.807) is 0 Å². The molecule has 94 valence electrons. The highest BCUT2D eigenvalue weighted by atomic mass is 16.7. The number of hydroxylamine groups is 1. The van der Waals surface area contributed by atoms with Crippen molar-refractivity contribution in [1.82, 2.24) is 5.48 Å². The van der Waals surface area contributed by atoms with Crippen LogP contribution in [0.25, 0.3) is 0 Å². The van der Waals surface area contributed by atoms with E-state index in [4.69, 9.17) is 4.84 Å². The van der Waals surface area contributed by atoms with Gasteiger partial charge in [-0.25, -0.2) is 0 Å². The van der Waals surface area contributed by atoms with Gasteiger partial charge in [-0.3, -0.25) is 4.84 Å². The maximum Gasteiger partial charge on any atom is 0.0813 e. The number of hydrogen-bond acceptors (Lipinski definition) is 2. The molecular weight excluding hydrogens is 210 g/mol. The predicted octanol–water partition coefficient (Wildman–Crippen LogP) is 3.56. The molecule has 1 N–H and O–H groups in total. The van der Waals surface area contributed by atoms with Crippen LogP contribution in [0.2, 0.25) is 0 Å². The first kappa shape index (κ1) is 12.6. The van der Waals surface area contributed by atoms with Gasteiger partial charge in [0.15, 0.2) is 0 Å². The molecule has 0 saturated heterocycles. The minimum absolute atomic E-state index is 0.103. The van der Waals surface area contributed by atoms with Crippen LogP contribution in [-0.4, -0.2) is 11.6 Å². The minimum atomic E-state index is -0.103. The third-order valence-corrected chi connectivity index (χ3v) is 3.30. The summed E-state index contributed by atoms with van der Waals surface area (Å²) in [6.45, 7) is 8.40. The van der Waals surface area contributed by atoms with Gasteiger partial charge in [0, 0.05) is 6.04 Å². The van der Waals surface area contributed by atoms with Gasteiger partial charge in [0.2, 0.25) is 0 Å². The van der Waals surface area contributed by atoms with Gasteiger partial charge in [0.25, 0.3) is 0 Å². The van der Waals surface area contributed by atoms with Crippen molar-refractivity contribution in [3.63, 3.8) is 0 Å². The van der Waals surface area contributed by atoms with Gasteiger partial charge >= 0.3 is 0 Å². The fourth-order valence-corrected chi connectivity index (χ4v) is 2.27. The summed E-state index contributed by atoms with van der Waals surface area (Å²) in [5.41, 5.74) is 5.99. The molecule has 0 heterocycles. The van der Waals surface area contributed by atoms with Gasteiger partial charge in [-0.15, -0.1) is 0 Å². The second-order valence-electron chi connectivity index (χ2n) is 6.05. The highest BCUT2D eigenvalue weighted by molar-refractivity contribution is 5.31. The smallest absolute Gasteiger partial charge is 0.0813 e. The molecule has 0 radical (unpaired) electrons. The quantitative estimate of drug-likeness (QED) is 0.806. The largest absolute Gasteiger partial charge is 0.296 e. The minimum Gasteiger partial charge on any atom is -0.296 e. The van der Waals surface area contributed by atoms with Crippen molar-refractivity contribution in [2.45, 2.75) is 58.1 Å². The monoisotopic (exact) mass is 233 g/mol. The Hall–Kier alpha value is -0.860. The second-order valence-corrected chi connectivity index (χ2v) is 6.05. The Bertz CT molecular complexity index is 375. The van der Waals surface area contributed by atoms with Crippen molar-refractivity contribution in [3.05, 3.63) is 35.4 Å². The summed E-state index contributed by atoms with van der Waals surface area (Å²) in [5.74, 6) is 0.706. The normalized spacial score (nSPS) is 24.5. The molecule has 0 unspecified atom stereocenters. The average Bonchev–Trinajstić information content (AvgIpc) is 2.16. The molecule has 0 aromatic heterocycles. The van der Waals surface area contributed by atoms with Crippen LogP contribution in [0, 0.1) is 6.92 Å². The lowest BCUT2D eigenvalue weighted by Crippen LogP contribution is -2.43. The lowest BCUT2D eigenvalue weighted by molar-refractivity contribution is -0.101. The summed E-state index contributed by atoms with van der Waals surface area (Å²) in [5, 5.41) is 0. The Balaban J connectivity index is 1.81. The standard InChI is InChI=1S/C15H23NO/c1-11-7-5-6-8-14(11)12-9-13(10-12)16-17-15(2,3)4/h5-8,12-13,16H,9-10H2,1-4H3. The molecule has 2 heteroatoms. The molecule has 1 aliphatic rings. The van der Waals surface area contributed by atoms with Crippen molar-refractivity contribution in [2.24, 2.45) is 0 Å². The van der Waals surface area contributed by atoms with Crippen LogP contribution in [0.3, 0.4) is 0 Å². The molecule has 1 aliphatic carbocycles. The number of aryl methyl sites for hydroxylation is 1. The Morgan fingerprint density at radius 1 is 1.18 bits per heavy atom. The first-order valence-electron chi connectivity index (χ1n) is 6.45. The summed E-state index contributed by atoms with van der Waals surface area (Å²) in [6.07, 6.45) is 2.36. The summed E-state index contributed by atoms with van der Waals surface area (Å²) in [7, 11) is 0. The fourth-order valence-electron chi connectivity index (χ4n) is 2.27. The third kappa shape index (κ3) is 3.30. The number of hydrogen-bond donors (Lipinski definition) is 1. The molecule has 2 nitrogen and oxygen atoms in total. The molecule has 0 atom stereocenters. The highest BCUT2D eigenvalue weighted by Gasteiger charge is 2.31. The van der Waals surface area contributed by atoms with Crippen LogP contribution in [0.4, 0.5) is 0 Å². The zero-order valence-electron chi connectivity index (χ0n) is 11.3. The van der Waals surface area contributed by atoms with Gasteiger partial charge in [0.05, 0.1) is 5.60 Å². The third-order valence-electron chi connectivity index (χ3n) is 3.30. The summed E-state index contributed by atoms with van der Waals surface area (Å²) >= 11 is 0. The first-order chi connectivity index (χ1) is 7.96. The zero-order chi connectivity index (χ0) is 12.5. The average molecular weight is 233 g/mol. The topological polar surface area (TPSA) is 21.3 Å². The van der Waals surface area contributed by atoms with Crippen LogP contribution in [0.15, 0.2) is 24.3 Å². The van der Waals surface area contributed by atoms with Crippen molar-refractivity contribution < 1.29 is 4.84 Å². The lowest BCUT2D eigenvalue weighted by Gasteiger charge is -2.38. The maximum atomic E-state index is 5.60. The molecule has 2 rings (SSSR count). The molecule has 1 aromatic carbocycles. The number of rotatable bonds is 3. The van der Waals surface area contributed by atoms with E-state index in [0.717, 1.165) is 0 Å². The van der Waals surface area contributed by atoms with E-state index >= 15 is 0 Å². The Labute approximate surface area is 104 Å². The van der Waals surface area contributed by atoms with E-state index < -0.39 is 0 Å².